The van der Waals surface area contributed by atoms with Crippen LogP contribution >= 0.6 is 0 Å². The topological polar surface area (TPSA) is 57.4 Å². The highest BCUT2D eigenvalue weighted by Gasteiger charge is 2.52. The van der Waals surface area contributed by atoms with Crippen LogP contribution in [0.2, 0.25) is 0 Å². The van der Waals surface area contributed by atoms with Gasteiger partial charge in [-0.25, -0.2) is 0 Å². The summed E-state index contributed by atoms with van der Waals surface area (Å²) < 4.78 is 12.1. The standard InChI is InChI=1S/C14H23BN2O2/c1-9-11(10(2)16)7-8-17-12(9)15-18-13(3,4)14(5,6)19-15/h7-8,10H,16H2,1-6H3. The zero-order chi connectivity index (χ0) is 14.4. The minimum Gasteiger partial charge on any atom is -0.398 e. The maximum Gasteiger partial charge on any atom is 0.514 e. The van der Waals surface area contributed by atoms with Gasteiger partial charge in [-0.15, -0.1) is 0 Å². The van der Waals surface area contributed by atoms with Crippen LogP contribution in [0.5, 0.6) is 0 Å². The van der Waals surface area contributed by atoms with Crippen molar-refractivity contribution in [1.29, 1.82) is 0 Å². The summed E-state index contributed by atoms with van der Waals surface area (Å²) in [7, 11) is -0.427. The van der Waals surface area contributed by atoms with Gasteiger partial charge in [0.25, 0.3) is 0 Å². The molecule has 104 valence electrons. The minimum atomic E-state index is -0.427. The molecule has 1 fully saturated rings. The summed E-state index contributed by atoms with van der Waals surface area (Å²) in [6.07, 6.45) is 1.77. The SMILES string of the molecule is Cc1c(C(C)N)ccnc1B1OC(C)(C)C(C)(C)O1. The zero-order valence-electron chi connectivity index (χ0n) is 12.7. The summed E-state index contributed by atoms with van der Waals surface area (Å²) in [6, 6.07) is 1.93. The number of hydrogen-bond donors (Lipinski definition) is 1. The van der Waals surface area contributed by atoms with Gasteiger partial charge in [0.05, 0.1) is 16.8 Å². The molecule has 1 aliphatic rings. The van der Waals surface area contributed by atoms with E-state index in [1.807, 2.05) is 47.6 Å². The predicted octanol–water partition coefficient (Wildman–Crippen LogP) is 1.71. The van der Waals surface area contributed by atoms with E-state index in [0.717, 1.165) is 16.7 Å². The van der Waals surface area contributed by atoms with E-state index in [0.29, 0.717) is 0 Å². The molecular formula is C14H23BN2O2. The van der Waals surface area contributed by atoms with Crippen LogP contribution in [0.25, 0.3) is 0 Å². The van der Waals surface area contributed by atoms with Gasteiger partial charge in [-0.05, 0) is 58.7 Å². The van der Waals surface area contributed by atoms with Crippen LogP contribution in [0.1, 0.15) is 51.8 Å². The molecule has 0 radical (unpaired) electrons. The molecule has 2 heterocycles. The van der Waals surface area contributed by atoms with Crippen LogP contribution in [-0.2, 0) is 9.31 Å². The van der Waals surface area contributed by atoms with E-state index in [1.54, 1.807) is 6.20 Å². The van der Waals surface area contributed by atoms with Gasteiger partial charge in [0, 0.05) is 12.2 Å². The first-order valence-corrected chi connectivity index (χ1v) is 6.72. The number of hydrogen-bond acceptors (Lipinski definition) is 4. The van der Waals surface area contributed by atoms with Crippen molar-refractivity contribution in [3.8, 4) is 0 Å². The fraction of sp³-hybridized carbons (Fsp3) is 0.643. The van der Waals surface area contributed by atoms with Crippen molar-refractivity contribution in [2.75, 3.05) is 0 Å². The lowest BCUT2D eigenvalue weighted by Gasteiger charge is -2.32. The Morgan fingerprint density at radius 1 is 1.21 bits per heavy atom. The number of nitrogens with two attached hydrogens (primary N) is 1. The van der Waals surface area contributed by atoms with Crippen molar-refractivity contribution < 1.29 is 9.31 Å². The average molecular weight is 262 g/mol. The highest BCUT2D eigenvalue weighted by molar-refractivity contribution is 6.61. The van der Waals surface area contributed by atoms with Crippen LogP contribution in [0.15, 0.2) is 12.3 Å². The van der Waals surface area contributed by atoms with E-state index < -0.39 is 7.12 Å². The molecule has 1 unspecified atom stereocenters. The molecule has 0 bridgehead atoms. The monoisotopic (exact) mass is 262 g/mol. The molecule has 0 amide bonds. The number of pyridine rings is 1. The molecule has 0 aromatic carbocycles. The first-order chi connectivity index (χ1) is 8.66. The quantitative estimate of drug-likeness (QED) is 0.824. The van der Waals surface area contributed by atoms with E-state index in [9.17, 15) is 0 Å². The molecule has 1 aromatic heterocycles. The molecule has 1 aliphatic heterocycles. The van der Waals surface area contributed by atoms with Gasteiger partial charge in [-0.2, -0.15) is 0 Å². The number of nitrogens with zero attached hydrogens (tertiary/aromatic N) is 1. The van der Waals surface area contributed by atoms with Gasteiger partial charge >= 0.3 is 7.12 Å². The van der Waals surface area contributed by atoms with Crippen molar-refractivity contribution >= 4 is 12.7 Å². The van der Waals surface area contributed by atoms with Crippen LogP contribution in [0.4, 0.5) is 0 Å². The van der Waals surface area contributed by atoms with E-state index in [2.05, 4.69) is 4.98 Å². The van der Waals surface area contributed by atoms with Crippen molar-refractivity contribution in [2.45, 2.75) is 58.8 Å². The number of rotatable bonds is 2. The third-order valence-corrected chi connectivity index (χ3v) is 4.25. The molecule has 1 saturated heterocycles. The maximum atomic E-state index is 6.04. The van der Waals surface area contributed by atoms with Crippen LogP contribution in [0.3, 0.4) is 0 Å². The highest BCUT2D eigenvalue weighted by Crippen LogP contribution is 2.36. The fourth-order valence-electron chi connectivity index (χ4n) is 2.25. The zero-order valence-corrected chi connectivity index (χ0v) is 12.7. The summed E-state index contributed by atoms with van der Waals surface area (Å²) >= 11 is 0. The molecule has 19 heavy (non-hydrogen) atoms. The lowest BCUT2D eigenvalue weighted by Crippen LogP contribution is -2.41. The molecule has 2 rings (SSSR count). The Hall–Kier alpha value is -0.905. The van der Waals surface area contributed by atoms with Gasteiger partial charge < -0.3 is 15.0 Å². The van der Waals surface area contributed by atoms with Crippen molar-refractivity contribution in [3.05, 3.63) is 23.4 Å². The largest absolute Gasteiger partial charge is 0.514 e. The third-order valence-electron chi connectivity index (χ3n) is 4.25. The Labute approximate surface area is 115 Å². The van der Waals surface area contributed by atoms with Crippen molar-refractivity contribution in [2.24, 2.45) is 5.73 Å². The second-order valence-electron chi connectivity index (χ2n) is 6.29. The normalized spacial score (nSPS) is 22.6. The average Bonchev–Trinajstić information content (AvgIpc) is 2.47. The summed E-state index contributed by atoms with van der Waals surface area (Å²) in [6.45, 7) is 12.1. The summed E-state index contributed by atoms with van der Waals surface area (Å²) in [5.41, 5.74) is 8.24. The van der Waals surface area contributed by atoms with Gasteiger partial charge in [-0.1, -0.05) is 0 Å². The first-order valence-electron chi connectivity index (χ1n) is 6.72. The minimum absolute atomic E-state index is 0.0239. The van der Waals surface area contributed by atoms with Crippen molar-refractivity contribution in [3.63, 3.8) is 0 Å². The van der Waals surface area contributed by atoms with Gasteiger partial charge in [0.2, 0.25) is 0 Å². The number of aromatic nitrogens is 1. The maximum absolute atomic E-state index is 6.04. The van der Waals surface area contributed by atoms with Crippen LogP contribution < -0.4 is 11.3 Å². The second kappa shape index (κ2) is 4.58. The summed E-state index contributed by atoms with van der Waals surface area (Å²) in [5, 5.41) is 0. The Kier molecular flexibility index (Phi) is 3.50. The summed E-state index contributed by atoms with van der Waals surface area (Å²) in [4.78, 5) is 4.43. The first kappa shape index (κ1) is 14.5. The molecule has 5 heteroatoms. The Balaban J connectivity index is 2.38. The van der Waals surface area contributed by atoms with Crippen LogP contribution in [0, 0.1) is 6.92 Å². The lowest BCUT2D eigenvalue weighted by atomic mass is 9.79. The fourth-order valence-corrected chi connectivity index (χ4v) is 2.25. The molecule has 0 aliphatic carbocycles. The van der Waals surface area contributed by atoms with Crippen molar-refractivity contribution in [1.82, 2.24) is 4.98 Å². The predicted molar refractivity (Wildman–Crippen MR) is 77.3 cm³/mol. The molecule has 2 N–H and O–H groups in total. The Bertz CT molecular complexity index is 470. The van der Waals surface area contributed by atoms with Gasteiger partial charge in [0.1, 0.15) is 0 Å². The summed E-state index contributed by atoms with van der Waals surface area (Å²) in [5.74, 6) is 0. The van der Waals surface area contributed by atoms with Gasteiger partial charge in [-0.3, -0.25) is 4.98 Å². The molecule has 1 atom stereocenters. The molecule has 0 spiro atoms. The second-order valence-corrected chi connectivity index (χ2v) is 6.29. The lowest BCUT2D eigenvalue weighted by molar-refractivity contribution is 0.00578. The van der Waals surface area contributed by atoms with E-state index in [4.69, 9.17) is 15.0 Å². The van der Waals surface area contributed by atoms with E-state index >= 15 is 0 Å². The third kappa shape index (κ3) is 2.42. The van der Waals surface area contributed by atoms with Gasteiger partial charge in [0.15, 0.2) is 0 Å². The van der Waals surface area contributed by atoms with Crippen LogP contribution in [-0.4, -0.2) is 23.3 Å². The molecule has 1 aromatic rings. The molecule has 0 saturated carbocycles. The molecule has 4 nitrogen and oxygen atoms in total. The van der Waals surface area contributed by atoms with E-state index in [1.165, 1.54) is 0 Å². The van der Waals surface area contributed by atoms with E-state index in [-0.39, 0.29) is 17.2 Å². The Morgan fingerprint density at radius 3 is 2.21 bits per heavy atom. The molecular weight excluding hydrogens is 239 g/mol. The highest BCUT2D eigenvalue weighted by atomic mass is 16.7. The smallest absolute Gasteiger partial charge is 0.398 e. The Morgan fingerprint density at radius 2 is 1.74 bits per heavy atom.